The summed E-state index contributed by atoms with van der Waals surface area (Å²) in [4.78, 5) is 13.8. The molecule has 0 saturated carbocycles. The highest BCUT2D eigenvalue weighted by Gasteiger charge is 2.07. The smallest absolute Gasteiger partial charge is 0.178 e. The van der Waals surface area contributed by atoms with Crippen LogP contribution in [-0.2, 0) is 6.42 Å². The van der Waals surface area contributed by atoms with E-state index in [9.17, 15) is 0 Å². The number of para-hydroxylation sites is 1. The number of rotatable bonds is 3. The first kappa shape index (κ1) is 15.0. The van der Waals surface area contributed by atoms with Gasteiger partial charge in [0.1, 0.15) is 5.69 Å². The van der Waals surface area contributed by atoms with Crippen LogP contribution >= 0.6 is 0 Å². The van der Waals surface area contributed by atoms with Crippen LogP contribution in [-0.4, -0.2) is 15.0 Å². The summed E-state index contributed by atoms with van der Waals surface area (Å²) in [6.07, 6.45) is 2.21. The predicted molar refractivity (Wildman–Crippen MR) is 97.5 cm³/mol. The molecule has 2 aromatic heterocycles. The number of nitriles is 1. The summed E-state index contributed by atoms with van der Waals surface area (Å²) in [5, 5.41) is 9.88. The molecule has 0 aliphatic carbocycles. The van der Waals surface area contributed by atoms with E-state index in [1.807, 2.05) is 72.9 Å². The van der Waals surface area contributed by atoms with Crippen LogP contribution in [0, 0.1) is 11.3 Å². The van der Waals surface area contributed by atoms with E-state index in [0.717, 1.165) is 33.4 Å². The first-order chi connectivity index (χ1) is 12.3. The third-order valence-corrected chi connectivity index (χ3v) is 3.97. The van der Waals surface area contributed by atoms with Crippen LogP contribution in [0.2, 0.25) is 0 Å². The minimum atomic E-state index is 0.390. The van der Waals surface area contributed by atoms with Gasteiger partial charge in [-0.15, -0.1) is 0 Å². The Labute approximate surface area is 145 Å². The normalized spacial score (nSPS) is 10.5. The van der Waals surface area contributed by atoms with Gasteiger partial charge in [-0.25, -0.2) is 15.0 Å². The van der Waals surface area contributed by atoms with Crippen LogP contribution < -0.4 is 0 Å². The number of aromatic nitrogens is 3. The van der Waals surface area contributed by atoms with Gasteiger partial charge in [0.05, 0.1) is 23.7 Å². The van der Waals surface area contributed by atoms with E-state index in [2.05, 4.69) is 16.0 Å². The van der Waals surface area contributed by atoms with Crippen LogP contribution in [0.1, 0.15) is 5.56 Å². The molecule has 4 aromatic rings. The fourth-order valence-electron chi connectivity index (χ4n) is 2.75. The molecule has 0 bridgehead atoms. The molecule has 4 rings (SSSR count). The lowest BCUT2D eigenvalue weighted by Crippen LogP contribution is -1.94. The number of fused-ring (bicyclic) bond motifs is 1. The Bertz CT molecular complexity index is 1100. The fourth-order valence-corrected chi connectivity index (χ4v) is 2.75. The Balaban J connectivity index is 1.76. The van der Waals surface area contributed by atoms with Gasteiger partial charge in [0.15, 0.2) is 5.82 Å². The second-order valence-corrected chi connectivity index (χ2v) is 5.70. The molecule has 0 saturated heterocycles. The van der Waals surface area contributed by atoms with Gasteiger partial charge >= 0.3 is 0 Å². The van der Waals surface area contributed by atoms with Crippen LogP contribution in [0.4, 0.5) is 0 Å². The number of pyridine rings is 1. The van der Waals surface area contributed by atoms with Crippen LogP contribution in [0.25, 0.3) is 33.7 Å². The molecule has 0 aliphatic heterocycles. The molecule has 0 N–H and O–H groups in total. The number of benzene rings is 2. The molecule has 2 heterocycles. The van der Waals surface area contributed by atoms with Crippen molar-refractivity contribution < 1.29 is 0 Å². The molecule has 2 aromatic carbocycles. The monoisotopic (exact) mass is 322 g/mol. The van der Waals surface area contributed by atoms with Gasteiger partial charge < -0.3 is 0 Å². The summed E-state index contributed by atoms with van der Waals surface area (Å²) < 4.78 is 0. The van der Waals surface area contributed by atoms with Gasteiger partial charge in [0, 0.05) is 17.1 Å². The molecule has 118 valence electrons. The standard InChI is InChI=1S/C21H14N4/c22-12-11-15-5-3-7-16(13-15)18-9-4-10-20(24-18)21-23-14-17-6-1-2-8-19(17)25-21/h1-10,13-14H,11H2. The Hall–Kier alpha value is -3.58. The van der Waals surface area contributed by atoms with E-state index in [1.54, 1.807) is 0 Å². The van der Waals surface area contributed by atoms with Gasteiger partial charge in [0.2, 0.25) is 0 Å². The molecule has 0 spiro atoms. The minimum Gasteiger partial charge on any atom is -0.244 e. The summed E-state index contributed by atoms with van der Waals surface area (Å²) >= 11 is 0. The molecule has 0 unspecified atom stereocenters. The molecule has 4 nitrogen and oxygen atoms in total. The summed E-state index contributed by atoms with van der Waals surface area (Å²) in [6.45, 7) is 0. The van der Waals surface area contributed by atoms with E-state index in [1.165, 1.54) is 0 Å². The van der Waals surface area contributed by atoms with E-state index in [0.29, 0.717) is 12.2 Å². The summed E-state index contributed by atoms with van der Waals surface area (Å²) in [5.74, 6) is 0.605. The lowest BCUT2D eigenvalue weighted by Gasteiger charge is -2.06. The second-order valence-electron chi connectivity index (χ2n) is 5.70. The third kappa shape index (κ3) is 3.08. The van der Waals surface area contributed by atoms with Crippen molar-refractivity contribution in [1.82, 2.24) is 15.0 Å². The quantitative estimate of drug-likeness (QED) is 0.560. The molecular weight excluding hydrogens is 308 g/mol. The van der Waals surface area contributed by atoms with Crippen molar-refractivity contribution >= 4 is 10.9 Å². The molecule has 0 fully saturated rings. The highest BCUT2D eigenvalue weighted by Crippen LogP contribution is 2.22. The second kappa shape index (κ2) is 6.50. The van der Waals surface area contributed by atoms with Gasteiger partial charge in [-0.3, -0.25) is 0 Å². The van der Waals surface area contributed by atoms with Gasteiger partial charge in [-0.1, -0.05) is 42.5 Å². The zero-order valence-electron chi connectivity index (χ0n) is 13.4. The van der Waals surface area contributed by atoms with Crippen molar-refractivity contribution in [2.24, 2.45) is 0 Å². The summed E-state index contributed by atoms with van der Waals surface area (Å²) in [5.41, 5.74) is 4.43. The largest absolute Gasteiger partial charge is 0.244 e. The molecule has 0 radical (unpaired) electrons. The lowest BCUT2D eigenvalue weighted by atomic mass is 10.1. The Morgan fingerprint density at radius 1 is 0.840 bits per heavy atom. The number of hydrogen-bond donors (Lipinski definition) is 0. The Kier molecular flexibility index (Phi) is 3.89. The van der Waals surface area contributed by atoms with Crippen molar-refractivity contribution in [2.75, 3.05) is 0 Å². The van der Waals surface area contributed by atoms with Crippen molar-refractivity contribution in [3.05, 3.63) is 78.5 Å². The highest BCUT2D eigenvalue weighted by molar-refractivity contribution is 5.79. The number of hydrogen-bond acceptors (Lipinski definition) is 4. The van der Waals surface area contributed by atoms with Gasteiger partial charge in [-0.05, 0) is 29.8 Å². The van der Waals surface area contributed by atoms with E-state index < -0.39 is 0 Å². The first-order valence-corrected chi connectivity index (χ1v) is 7.99. The van der Waals surface area contributed by atoms with Crippen LogP contribution in [0.15, 0.2) is 72.9 Å². The average Bonchev–Trinajstić information content (AvgIpc) is 2.68. The molecular formula is C21H14N4. The van der Waals surface area contributed by atoms with E-state index in [-0.39, 0.29) is 0 Å². The van der Waals surface area contributed by atoms with Gasteiger partial charge in [0.25, 0.3) is 0 Å². The van der Waals surface area contributed by atoms with Gasteiger partial charge in [-0.2, -0.15) is 5.26 Å². The van der Waals surface area contributed by atoms with Crippen LogP contribution in [0.5, 0.6) is 0 Å². The van der Waals surface area contributed by atoms with Crippen molar-refractivity contribution in [3.63, 3.8) is 0 Å². The fraction of sp³-hybridized carbons (Fsp3) is 0.0476. The topological polar surface area (TPSA) is 62.5 Å². The first-order valence-electron chi connectivity index (χ1n) is 7.99. The maximum atomic E-state index is 8.88. The highest BCUT2D eigenvalue weighted by atomic mass is 14.9. The maximum Gasteiger partial charge on any atom is 0.178 e. The molecule has 0 amide bonds. The summed E-state index contributed by atoms with van der Waals surface area (Å²) in [7, 11) is 0. The Morgan fingerprint density at radius 3 is 2.60 bits per heavy atom. The Morgan fingerprint density at radius 2 is 1.68 bits per heavy atom. The van der Waals surface area contributed by atoms with Crippen molar-refractivity contribution in [2.45, 2.75) is 6.42 Å². The molecule has 25 heavy (non-hydrogen) atoms. The maximum absolute atomic E-state index is 8.88. The SMILES string of the molecule is N#CCc1cccc(-c2cccc(-c3ncc4ccccc4n3)n2)c1. The molecule has 4 heteroatoms. The zero-order valence-corrected chi connectivity index (χ0v) is 13.4. The van der Waals surface area contributed by atoms with Crippen molar-refractivity contribution in [3.8, 4) is 28.8 Å². The average molecular weight is 322 g/mol. The van der Waals surface area contributed by atoms with E-state index in [4.69, 9.17) is 10.2 Å². The summed E-state index contributed by atoms with van der Waals surface area (Å²) in [6, 6.07) is 23.8. The predicted octanol–water partition coefficient (Wildman–Crippen LogP) is 4.42. The zero-order chi connectivity index (χ0) is 17.1. The van der Waals surface area contributed by atoms with E-state index >= 15 is 0 Å². The minimum absolute atomic E-state index is 0.390. The van der Waals surface area contributed by atoms with Crippen molar-refractivity contribution in [1.29, 1.82) is 5.26 Å². The lowest BCUT2D eigenvalue weighted by molar-refractivity contribution is 1.18. The molecule has 0 atom stereocenters. The number of nitrogens with zero attached hydrogens (tertiary/aromatic N) is 4. The third-order valence-electron chi connectivity index (χ3n) is 3.97. The van der Waals surface area contributed by atoms with Crippen LogP contribution in [0.3, 0.4) is 0 Å². The molecule has 0 aliphatic rings.